The third-order valence-electron chi connectivity index (χ3n) is 3.70. The molecule has 0 atom stereocenters. The maximum absolute atomic E-state index is 4.50. The molecule has 17 heavy (non-hydrogen) atoms. The summed E-state index contributed by atoms with van der Waals surface area (Å²) in [6, 6.07) is 0. The van der Waals surface area contributed by atoms with Gasteiger partial charge in [-0.25, -0.2) is 0 Å². The molecule has 2 rings (SSSR count). The average Bonchev–Trinajstić information content (AvgIpc) is 2.52. The Morgan fingerprint density at radius 1 is 0.706 bits per heavy atom. The van der Waals surface area contributed by atoms with Crippen molar-refractivity contribution in [1.82, 2.24) is 10.2 Å². The molecule has 94 valence electrons. The molecule has 0 aliphatic heterocycles. The molecule has 1 aliphatic rings. The van der Waals surface area contributed by atoms with Gasteiger partial charge >= 0.3 is 0 Å². The molecule has 0 radical (unpaired) electrons. The van der Waals surface area contributed by atoms with Gasteiger partial charge in [0.2, 0.25) is 0 Å². The van der Waals surface area contributed by atoms with E-state index in [-0.39, 0.29) is 0 Å². The van der Waals surface area contributed by atoms with Crippen LogP contribution in [0.2, 0.25) is 0 Å². The van der Waals surface area contributed by atoms with Crippen molar-refractivity contribution >= 4 is 0 Å². The predicted molar refractivity (Wildman–Crippen MR) is 71.5 cm³/mol. The van der Waals surface area contributed by atoms with Gasteiger partial charge in [-0.3, -0.25) is 0 Å². The molecule has 0 amide bonds. The van der Waals surface area contributed by atoms with E-state index in [0.29, 0.717) is 11.8 Å². The molecule has 0 aromatic carbocycles. The van der Waals surface area contributed by atoms with Crippen molar-refractivity contribution in [3.05, 3.63) is 22.5 Å². The number of hydrogen-bond acceptors (Lipinski definition) is 2. The second-order valence-corrected chi connectivity index (χ2v) is 5.80. The van der Waals surface area contributed by atoms with Gasteiger partial charge in [0.25, 0.3) is 0 Å². The topological polar surface area (TPSA) is 25.8 Å². The van der Waals surface area contributed by atoms with Crippen molar-refractivity contribution in [2.45, 2.75) is 71.6 Å². The Bertz CT molecular complexity index is 357. The third kappa shape index (κ3) is 2.51. The van der Waals surface area contributed by atoms with Crippen molar-refractivity contribution in [3.8, 4) is 0 Å². The molecule has 2 heteroatoms. The van der Waals surface area contributed by atoms with Crippen molar-refractivity contribution in [2.75, 3.05) is 0 Å². The summed E-state index contributed by atoms with van der Waals surface area (Å²) in [5.41, 5.74) is 5.53. The highest BCUT2D eigenvalue weighted by molar-refractivity contribution is 5.37. The monoisotopic (exact) mass is 232 g/mol. The Hall–Kier alpha value is -0.920. The van der Waals surface area contributed by atoms with E-state index >= 15 is 0 Å². The summed E-state index contributed by atoms with van der Waals surface area (Å²) >= 11 is 0. The van der Waals surface area contributed by atoms with E-state index in [1.807, 2.05) is 0 Å². The lowest BCUT2D eigenvalue weighted by Gasteiger charge is -2.18. The number of fused-ring (bicyclic) bond motifs is 1. The smallest absolute Gasteiger partial charge is 0.0691 e. The van der Waals surface area contributed by atoms with E-state index in [4.69, 9.17) is 0 Å². The molecule has 0 unspecified atom stereocenters. The highest BCUT2D eigenvalue weighted by Gasteiger charge is 2.21. The molecule has 0 bridgehead atoms. The Balaban J connectivity index is 2.54. The Morgan fingerprint density at radius 2 is 1.12 bits per heavy atom. The molecule has 0 fully saturated rings. The normalized spacial score (nSPS) is 16.1. The van der Waals surface area contributed by atoms with Crippen LogP contribution in [0.4, 0.5) is 0 Å². The maximum atomic E-state index is 4.50. The quantitative estimate of drug-likeness (QED) is 0.720. The van der Waals surface area contributed by atoms with Crippen LogP contribution in [0.5, 0.6) is 0 Å². The Labute approximate surface area is 105 Å². The largest absolute Gasteiger partial charge is 0.155 e. The minimum Gasteiger partial charge on any atom is -0.155 e. The second kappa shape index (κ2) is 5.16. The molecule has 1 heterocycles. The number of aromatic nitrogens is 2. The van der Waals surface area contributed by atoms with Gasteiger partial charge < -0.3 is 0 Å². The first-order valence-corrected chi connectivity index (χ1v) is 6.99. The van der Waals surface area contributed by atoms with E-state index in [2.05, 4.69) is 37.9 Å². The zero-order chi connectivity index (χ0) is 12.4. The maximum Gasteiger partial charge on any atom is 0.0691 e. The lowest BCUT2D eigenvalue weighted by molar-refractivity contribution is 0.698. The molecule has 2 nitrogen and oxygen atoms in total. The highest BCUT2D eigenvalue weighted by Crippen LogP contribution is 2.30. The van der Waals surface area contributed by atoms with Crippen LogP contribution in [-0.4, -0.2) is 10.2 Å². The standard InChI is InChI=1S/C15H24N2/c1-10(2)14-12-8-6-5-7-9-13(12)15(11(3)4)17-16-14/h10-11H,5-9H2,1-4H3. The second-order valence-electron chi connectivity index (χ2n) is 5.80. The summed E-state index contributed by atoms with van der Waals surface area (Å²) in [4.78, 5) is 0. The van der Waals surface area contributed by atoms with Crippen LogP contribution in [0.15, 0.2) is 0 Å². The Morgan fingerprint density at radius 3 is 1.47 bits per heavy atom. The van der Waals surface area contributed by atoms with Crippen LogP contribution < -0.4 is 0 Å². The lowest BCUT2D eigenvalue weighted by Crippen LogP contribution is -2.11. The lowest BCUT2D eigenvalue weighted by atomic mass is 9.92. The number of hydrogen-bond donors (Lipinski definition) is 0. The third-order valence-corrected chi connectivity index (χ3v) is 3.70. The van der Waals surface area contributed by atoms with Crippen LogP contribution in [0.3, 0.4) is 0 Å². The summed E-state index contributed by atoms with van der Waals surface area (Å²) < 4.78 is 0. The van der Waals surface area contributed by atoms with Crippen molar-refractivity contribution in [3.63, 3.8) is 0 Å². The highest BCUT2D eigenvalue weighted by atomic mass is 15.1. The van der Waals surface area contributed by atoms with Crippen molar-refractivity contribution in [2.24, 2.45) is 0 Å². The molecule has 1 aliphatic carbocycles. The molecule has 0 saturated heterocycles. The van der Waals surface area contributed by atoms with E-state index in [0.717, 1.165) is 0 Å². The Kier molecular flexibility index (Phi) is 3.80. The fourth-order valence-electron chi connectivity index (χ4n) is 2.80. The minimum atomic E-state index is 0.496. The van der Waals surface area contributed by atoms with Gasteiger partial charge in [0.05, 0.1) is 11.4 Å². The van der Waals surface area contributed by atoms with Gasteiger partial charge in [-0.2, -0.15) is 10.2 Å². The first kappa shape index (κ1) is 12.5. The fraction of sp³-hybridized carbons (Fsp3) is 0.733. The van der Waals surface area contributed by atoms with E-state index in [1.165, 1.54) is 54.6 Å². The van der Waals surface area contributed by atoms with E-state index in [1.54, 1.807) is 0 Å². The van der Waals surface area contributed by atoms with Gasteiger partial charge in [-0.05, 0) is 48.6 Å². The number of rotatable bonds is 2. The zero-order valence-electron chi connectivity index (χ0n) is 11.6. The molecule has 1 aromatic rings. The SMILES string of the molecule is CC(C)c1nnc(C(C)C)c2c1CCCCC2. The van der Waals surface area contributed by atoms with Gasteiger partial charge in [-0.15, -0.1) is 0 Å². The minimum absolute atomic E-state index is 0.496. The van der Waals surface area contributed by atoms with E-state index in [9.17, 15) is 0 Å². The first-order valence-electron chi connectivity index (χ1n) is 6.99. The van der Waals surface area contributed by atoms with Crippen LogP contribution in [0.1, 0.15) is 81.3 Å². The number of nitrogens with zero attached hydrogens (tertiary/aromatic N) is 2. The molecule has 1 aromatic heterocycles. The summed E-state index contributed by atoms with van der Waals surface area (Å²) in [7, 11) is 0. The van der Waals surface area contributed by atoms with Crippen LogP contribution in [0.25, 0.3) is 0 Å². The molecular weight excluding hydrogens is 208 g/mol. The van der Waals surface area contributed by atoms with Crippen molar-refractivity contribution in [1.29, 1.82) is 0 Å². The van der Waals surface area contributed by atoms with Crippen LogP contribution in [0, 0.1) is 0 Å². The summed E-state index contributed by atoms with van der Waals surface area (Å²) in [6.45, 7) is 8.91. The molecular formula is C15H24N2. The molecule has 0 saturated carbocycles. The first-order chi connectivity index (χ1) is 8.11. The zero-order valence-corrected chi connectivity index (χ0v) is 11.6. The van der Waals surface area contributed by atoms with Crippen LogP contribution >= 0.6 is 0 Å². The average molecular weight is 232 g/mol. The predicted octanol–water partition coefficient (Wildman–Crippen LogP) is 3.99. The van der Waals surface area contributed by atoms with Crippen LogP contribution in [-0.2, 0) is 12.8 Å². The van der Waals surface area contributed by atoms with Gasteiger partial charge in [0.1, 0.15) is 0 Å². The summed E-state index contributed by atoms with van der Waals surface area (Å²) in [6.07, 6.45) is 6.39. The van der Waals surface area contributed by atoms with Crippen molar-refractivity contribution < 1.29 is 0 Å². The molecule has 0 N–H and O–H groups in total. The summed E-state index contributed by atoms with van der Waals surface area (Å²) in [5.74, 6) is 0.992. The van der Waals surface area contributed by atoms with Gasteiger partial charge in [-0.1, -0.05) is 34.1 Å². The fourth-order valence-corrected chi connectivity index (χ4v) is 2.80. The molecule has 0 spiro atoms. The van der Waals surface area contributed by atoms with Gasteiger partial charge in [0, 0.05) is 0 Å². The van der Waals surface area contributed by atoms with E-state index < -0.39 is 0 Å². The summed E-state index contributed by atoms with van der Waals surface area (Å²) in [5, 5.41) is 9.01. The van der Waals surface area contributed by atoms with Gasteiger partial charge in [0.15, 0.2) is 0 Å².